The number of hydrogen-bond acceptors (Lipinski definition) is 5. The maximum absolute atomic E-state index is 14.8. The summed E-state index contributed by atoms with van der Waals surface area (Å²) in [6, 6.07) is 10.8. The lowest BCUT2D eigenvalue weighted by atomic mass is 9.96. The lowest BCUT2D eigenvalue weighted by Gasteiger charge is -2.27. The number of carbonyl (C=O) groups excluding carboxylic acids is 1. The lowest BCUT2D eigenvalue weighted by Crippen LogP contribution is -2.40. The molecule has 0 spiro atoms. The van der Waals surface area contributed by atoms with Gasteiger partial charge in [0.25, 0.3) is 0 Å². The Balaban J connectivity index is 1.31. The van der Waals surface area contributed by atoms with Crippen molar-refractivity contribution in [1.29, 1.82) is 0 Å². The quantitative estimate of drug-likeness (QED) is 0.548. The van der Waals surface area contributed by atoms with Crippen LogP contribution in [0.15, 0.2) is 47.1 Å². The Hall–Kier alpha value is -3.06. The summed E-state index contributed by atoms with van der Waals surface area (Å²) in [6.45, 7) is 1.14. The molecule has 1 amide bonds. The molecule has 30 heavy (non-hydrogen) atoms. The molecule has 0 radical (unpaired) electrons. The van der Waals surface area contributed by atoms with Gasteiger partial charge < -0.3 is 24.9 Å². The zero-order valence-corrected chi connectivity index (χ0v) is 16.8. The monoisotopic (exact) mass is 412 g/mol. The predicted octanol–water partition coefficient (Wildman–Crippen LogP) is 3.92. The van der Waals surface area contributed by atoms with Gasteiger partial charge in [0.1, 0.15) is 18.5 Å². The first kappa shape index (κ1) is 20.2. The maximum Gasteiger partial charge on any atom is 0.249 e. The van der Waals surface area contributed by atoms with Crippen molar-refractivity contribution in [1.82, 2.24) is 5.32 Å². The molecule has 2 heterocycles. The molecule has 4 rings (SSSR count). The van der Waals surface area contributed by atoms with E-state index in [-0.39, 0.29) is 6.04 Å². The van der Waals surface area contributed by atoms with Crippen LogP contribution in [0.25, 0.3) is 11.0 Å². The average molecular weight is 412 g/mol. The number of carbonyl (C=O) groups is 1. The zero-order chi connectivity index (χ0) is 21.1. The molecule has 0 saturated heterocycles. The summed E-state index contributed by atoms with van der Waals surface area (Å²) in [4.78, 5) is 11.6. The number of amides is 1. The lowest BCUT2D eigenvalue weighted by molar-refractivity contribution is 0.0997. The molecule has 0 fully saturated rings. The number of primary amides is 1. The highest BCUT2D eigenvalue weighted by atomic mass is 19.1. The van der Waals surface area contributed by atoms with Crippen LogP contribution >= 0.6 is 0 Å². The van der Waals surface area contributed by atoms with Gasteiger partial charge in [-0.25, -0.2) is 4.39 Å². The first-order valence-electron chi connectivity index (χ1n) is 10.0. The van der Waals surface area contributed by atoms with Crippen molar-refractivity contribution in [3.05, 3.63) is 59.4 Å². The molecule has 158 valence electrons. The van der Waals surface area contributed by atoms with Gasteiger partial charge in [0.2, 0.25) is 5.91 Å². The Morgan fingerprint density at radius 3 is 2.97 bits per heavy atom. The second kappa shape index (κ2) is 8.75. The van der Waals surface area contributed by atoms with Crippen molar-refractivity contribution >= 4 is 16.9 Å². The van der Waals surface area contributed by atoms with Gasteiger partial charge in [-0.3, -0.25) is 4.79 Å². The van der Waals surface area contributed by atoms with Gasteiger partial charge in [0, 0.05) is 28.1 Å². The van der Waals surface area contributed by atoms with Gasteiger partial charge in [-0.15, -0.1) is 0 Å². The number of benzene rings is 2. The molecule has 3 N–H and O–H groups in total. The van der Waals surface area contributed by atoms with E-state index in [9.17, 15) is 9.18 Å². The number of nitrogens with one attached hydrogen (secondary N) is 1. The first-order valence-corrected chi connectivity index (χ1v) is 10.0. The summed E-state index contributed by atoms with van der Waals surface area (Å²) in [6.07, 6.45) is 2.03. The molecule has 0 saturated carbocycles. The number of nitrogens with two attached hydrogens (primary N) is 1. The number of furan rings is 1. The molecule has 2 atom stereocenters. The van der Waals surface area contributed by atoms with E-state index >= 15 is 0 Å². The van der Waals surface area contributed by atoms with Crippen molar-refractivity contribution in [3.8, 4) is 11.5 Å². The van der Waals surface area contributed by atoms with E-state index in [4.69, 9.17) is 19.6 Å². The van der Waals surface area contributed by atoms with Crippen LogP contribution in [-0.2, 0) is 6.42 Å². The number of alkyl halides is 1. The summed E-state index contributed by atoms with van der Waals surface area (Å²) in [7, 11) is 1.56. The Morgan fingerprint density at radius 2 is 2.17 bits per heavy atom. The molecule has 3 aromatic rings. The smallest absolute Gasteiger partial charge is 0.249 e. The van der Waals surface area contributed by atoms with Gasteiger partial charge in [0.15, 0.2) is 11.3 Å². The number of methoxy groups -OCH3 is 1. The van der Waals surface area contributed by atoms with Gasteiger partial charge in [-0.05, 0) is 44.0 Å². The van der Waals surface area contributed by atoms with E-state index in [2.05, 4.69) is 5.32 Å². The van der Waals surface area contributed by atoms with E-state index in [0.29, 0.717) is 60.6 Å². The SMILES string of the molecule is COc1cccc2c(C(F)CCCN[C@H]3COc4cccc(C(N)=O)c4C3)coc12. The van der Waals surface area contributed by atoms with Crippen LogP contribution in [0.2, 0.25) is 0 Å². The zero-order valence-electron chi connectivity index (χ0n) is 16.8. The fraction of sp³-hybridized carbons (Fsp3) is 0.348. The molecule has 0 aliphatic carbocycles. The fourth-order valence-electron chi connectivity index (χ4n) is 3.97. The number of rotatable bonds is 8. The van der Waals surface area contributed by atoms with E-state index < -0.39 is 12.1 Å². The summed E-state index contributed by atoms with van der Waals surface area (Å²) >= 11 is 0. The topological polar surface area (TPSA) is 86.7 Å². The van der Waals surface area contributed by atoms with Gasteiger partial charge in [0.05, 0.1) is 13.4 Å². The second-order valence-electron chi connectivity index (χ2n) is 7.45. The van der Waals surface area contributed by atoms with E-state index in [0.717, 1.165) is 10.9 Å². The van der Waals surface area contributed by atoms with Gasteiger partial charge in [-0.2, -0.15) is 0 Å². The predicted molar refractivity (Wildman–Crippen MR) is 112 cm³/mol. The number of halogens is 1. The third-order valence-corrected chi connectivity index (χ3v) is 5.51. The number of para-hydroxylation sites is 1. The minimum absolute atomic E-state index is 0.0510. The molecule has 1 aliphatic rings. The van der Waals surface area contributed by atoms with Gasteiger partial charge >= 0.3 is 0 Å². The van der Waals surface area contributed by atoms with Crippen molar-refractivity contribution in [2.24, 2.45) is 5.73 Å². The van der Waals surface area contributed by atoms with E-state index in [1.807, 2.05) is 18.2 Å². The average Bonchev–Trinajstić information content (AvgIpc) is 3.20. The normalized spacial score (nSPS) is 16.7. The highest BCUT2D eigenvalue weighted by molar-refractivity contribution is 5.95. The highest BCUT2D eigenvalue weighted by Crippen LogP contribution is 2.35. The number of ether oxygens (including phenoxy) is 2. The van der Waals surface area contributed by atoms with Crippen LogP contribution in [0.5, 0.6) is 11.5 Å². The highest BCUT2D eigenvalue weighted by Gasteiger charge is 2.24. The summed E-state index contributed by atoms with van der Waals surface area (Å²) < 4.78 is 31.4. The Labute approximate surface area is 174 Å². The third kappa shape index (κ3) is 3.98. The Morgan fingerprint density at radius 1 is 1.33 bits per heavy atom. The molecule has 1 aromatic heterocycles. The van der Waals surface area contributed by atoms with Crippen LogP contribution in [0.1, 0.15) is 40.5 Å². The van der Waals surface area contributed by atoms with E-state index in [1.165, 1.54) is 6.26 Å². The molecule has 1 unspecified atom stereocenters. The van der Waals surface area contributed by atoms with Crippen molar-refractivity contribution in [2.45, 2.75) is 31.5 Å². The molecule has 7 heteroatoms. The van der Waals surface area contributed by atoms with Crippen LogP contribution < -0.4 is 20.5 Å². The van der Waals surface area contributed by atoms with Crippen molar-refractivity contribution in [2.75, 3.05) is 20.3 Å². The number of hydrogen-bond donors (Lipinski definition) is 2. The second-order valence-corrected chi connectivity index (χ2v) is 7.45. The third-order valence-electron chi connectivity index (χ3n) is 5.51. The maximum atomic E-state index is 14.8. The Bertz CT molecular complexity index is 1050. The van der Waals surface area contributed by atoms with Gasteiger partial charge in [-0.1, -0.05) is 18.2 Å². The minimum Gasteiger partial charge on any atom is -0.493 e. The largest absolute Gasteiger partial charge is 0.493 e. The summed E-state index contributed by atoms with van der Waals surface area (Å²) in [5.41, 5.74) is 7.91. The summed E-state index contributed by atoms with van der Waals surface area (Å²) in [5.74, 6) is 0.844. The molecule has 0 bridgehead atoms. The van der Waals surface area contributed by atoms with Crippen LogP contribution in [0.4, 0.5) is 4.39 Å². The summed E-state index contributed by atoms with van der Waals surface area (Å²) in [5, 5.41) is 4.14. The van der Waals surface area contributed by atoms with Crippen molar-refractivity contribution in [3.63, 3.8) is 0 Å². The molecular formula is C23H25FN2O4. The van der Waals surface area contributed by atoms with Crippen LogP contribution in [-0.4, -0.2) is 32.2 Å². The first-order chi connectivity index (χ1) is 14.6. The molecule has 2 aromatic carbocycles. The van der Waals surface area contributed by atoms with Crippen LogP contribution in [0.3, 0.4) is 0 Å². The van der Waals surface area contributed by atoms with E-state index in [1.54, 1.807) is 25.3 Å². The minimum atomic E-state index is -1.12. The van der Waals surface area contributed by atoms with Crippen LogP contribution in [0, 0.1) is 0 Å². The standard InChI is InChI=1S/C23H25FN2O4/c1-28-21-9-2-5-15-18(13-30-22(15)21)19(24)7-4-10-26-14-11-17-16(23(25)27)6-3-8-20(17)29-12-14/h2-3,5-6,8-9,13-14,19,26H,4,7,10-12H2,1H3,(H2,25,27)/t14-,19?/m1/s1. The molecule has 6 nitrogen and oxygen atoms in total. The molecule has 1 aliphatic heterocycles. The van der Waals surface area contributed by atoms with Crippen molar-refractivity contribution < 1.29 is 23.1 Å². The fourth-order valence-corrected chi connectivity index (χ4v) is 3.97. The Kier molecular flexibility index (Phi) is 5.90. The molecular weight excluding hydrogens is 387 g/mol. The number of fused-ring (bicyclic) bond motifs is 2.